The first kappa shape index (κ1) is 13.4. The number of carbonyl (C=O) groups is 2. The van der Waals surface area contributed by atoms with Gasteiger partial charge in [0, 0.05) is 5.69 Å². The predicted octanol–water partition coefficient (Wildman–Crippen LogP) is 1.03. The van der Waals surface area contributed by atoms with Crippen LogP contribution < -0.4 is 10.6 Å². The number of aromatic carboxylic acids is 1. The van der Waals surface area contributed by atoms with Crippen molar-refractivity contribution >= 4 is 17.6 Å². The molecule has 1 aliphatic heterocycles. The summed E-state index contributed by atoms with van der Waals surface area (Å²) in [6, 6.07) is 3.71. The molecule has 0 bridgehead atoms. The van der Waals surface area contributed by atoms with E-state index in [0.29, 0.717) is 5.69 Å². The zero-order valence-electron chi connectivity index (χ0n) is 10.5. The molecular formula is C13H16N2O4. The Kier molecular flexibility index (Phi) is 3.71. The zero-order chi connectivity index (χ0) is 14.0. The number of benzene rings is 1. The molecule has 19 heavy (non-hydrogen) atoms. The molecule has 1 saturated heterocycles. The predicted molar refractivity (Wildman–Crippen MR) is 69.3 cm³/mol. The Bertz CT molecular complexity index is 515. The van der Waals surface area contributed by atoms with E-state index in [4.69, 9.17) is 5.11 Å². The molecule has 0 aromatic heterocycles. The molecule has 0 aliphatic carbocycles. The highest BCUT2D eigenvalue weighted by Crippen LogP contribution is 2.22. The van der Waals surface area contributed by atoms with Crippen molar-refractivity contribution in [2.75, 3.05) is 11.9 Å². The maximum Gasteiger partial charge on any atom is 0.339 e. The van der Waals surface area contributed by atoms with Gasteiger partial charge in [0.2, 0.25) is 5.91 Å². The number of anilines is 1. The minimum absolute atomic E-state index is 0.188. The molecule has 2 rings (SSSR count). The van der Waals surface area contributed by atoms with Crippen LogP contribution in [0, 0.1) is 5.92 Å². The van der Waals surface area contributed by atoms with Gasteiger partial charge in [-0.3, -0.25) is 4.79 Å². The van der Waals surface area contributed by atoms with Gasteiger partial charge in [-0.05, 0) is 37.1 Å². The van der Waals surface area contributed by atoms with E-state index in [0.717, 1.165) is 13.0 Å². The first-order valence-corrected chi connectivity index (χ1v) is 6.09. The first-order chi connectivity index (χ1) is 8.99. The lowest BCUT2D eigenvalue weighted by atomic mass is 10.0. The van der Waals surface area contributed by atoms with Gasteiger partial charge in [-0.2, -0.15) is 0 Å². The smallest absolute Gasteiger partial charge is 0.339 e. The second kappa shape index (κ2) is 5.27. The quantitative estimate of drug-likeness (QED) is 0.611. The second-order valence-corrected chi connectivity index (χ2v) is 4.72. The van der Waals surface area contributed by atoms with Gasteiger partial charge in [0.15, 0.2) is 0 Å². The fourth-order valence-corrected chi connectivity index (χ4v) is 2.19. The van der Waals surface area contributed by atoms with E-state index in [1.54, 1.807) is 0 Å². The van der Waals surface area contributed by atoms with Crippen LogP contribution in [0.2, 0.25) is 0 Å². The van der Waals surface area contributed by atoms with E-state index in [2.05, 4.69) is 10.6 Å². The summed E-state index contributed by atoms with van der Waals surface area (Å²) in [5, 5.41) is 24.0. The summed E-state index contributed by atoms with van der Waals surface area (Å²) in [6.07, 6.45) is 0.939. The van der Waals surface area contributed by atoms with E-state index in [9.17, 15) is 14.7 Å². The maximum absolute atomic E-state index is 12.0. The lowest BCUT2D eigenvalue weighted by Gasteiger charge is -2.15. The topological polar surface area (TPSA) is 98.7 Å². The van der Waals surface area contributed by atoms with Crippen molar-refractivity contribution in [1.29, 1.82) is 0 Å². The fourth-order valence-electron chi connectivity index (χ4n) is 2.19. The normalized spacial score (nSPS) is 22.2. The number of carboxylic acid groups (broad SMARTS) is 1. The molecule has 1 aliphatic rings. The summed E-state index contributed by atoms with van der Waals surface area (Å²) in [6.45, 7) is 2.79. The van der Waals surface area contributed by atoms with Crippen molar-refractivity contribution < 1.29 is 19.8 Å². The molecular weight excluding hydrogens is 248 g/mol. The van der Waals surface area contributed by atoms with Gasteiger partial charge in [0.05, 0.1) is 6.04 Å². The number of carboxylic acids is 1. The summed E-state index contributed by atoms with van der Waals surface area (Å²) in [5.41, 5.74) is 0.131. The van der Waals surface area contributed by atoms with Crippen LogP contribution >= 0.6 is 0 Å². The van der Waals surface area contributed by atoms with Crippen LogP contribution in [-0.4, -0.2) is 34.7 Å². The zero-order valence-corrected chi connectivity index (χ0v) is 10.5. The Hall–Kier alpha value is -2.08. The van der Waals surface area contributed by atoms with Gasteiger partial charge in [-0.15, -0.1) is 0 Å². The van der Waals surface area contributed by atoms with Crippen molar-refractivity contribution in [3.05, 3.63) is 23.8 Å². The number of nitrogens with one attached hydrogen (secondary N) is 2. The van der Waals surface area contributed by atoms with Crippen molar-refractivity contribution in [1.82, 2.24) is 5.32 Å². The van der Waals surface area contributed by atoms with Gasteiger partial charge in [-0.25, -0.2) is 4.79 Å². The number of rotatable bonds is 3. The number of hydrogen-bond acceptors (Lipinski definition) is 4. The lowest BCUT2D eigenvalue weighted by Crippen LogP contribution is -2.39. The number of phenols is 1. The largest absolute Gasteiger partial charge is 0.507 e. The molecule has 4 N–H and O–H groups in total. The highest BCUT2D eigenvalue weighted by Gasteiger charge is 2.29. The van der Waals surface area contributed by atoms with Crippen LogP contribution in [0.15, 0.2) is 18.2 Å². The Morgan fingerprint density at radius 2 is 2.16 bits per heavy atom. The third kappa shape index (κ3) is 2.85. The van der Waals surface area contributed by atoms with Gasteiger partial charge >= 0.3 is 5.97 Å². The van der Waals surface area contributed by atoms with Gasteiger partial charge in [0.1, 0.15) is 11.3 Å². The van der Waals surface area contributed by atoms with Crippen LogP contribution in [-0.2, 0) is 4.79 Å². The van der Waals surface area contributed by atoms with Crippen LogP contribution in [0.5, 0.6) is 5.75 Å². The third-order valence-corrected chi connectivity index (χ3v) is 3.31. The summed E-state index contributed by atoms with van der Waals surface area (Å²) in [5.74, 6) is -1.50. The average molecular weight is 264 g/mol. The lowest BCUT2D eigenvalue weighted by molar-refractivity contribution is -0.118. The molecule has 102 valence electrons. The van der Waals surface area contributed by atoms with E-state index < -0.39 is 5.97 Å². The number of amides is 1. The maximum atomic E-state index is 12.0. The van der Waals surface area contributed by atoms with Crippen LogP contribution in [0.25, 0.3) is 0 Å². The first-order valence-electron chi connectivity index (χ1n) is 6.09. The highest BCUT2D eigenvalue weighted by atomic mass is 16.4. The van der Waals surface area contributed by atoms with Crippen molar-refractivity contribution in [3.8, 4) is 5.75 Å². The molecule has 1 heterocycles. The highest BCUT2D eigenvalue weighted by molar-refractivity contribution is 5.97. The summed E-state index contributed by atoms with van der Waals surface area (Å²) in [7, 11) is 0. The van der Waals surface area contributed by atoms with Crippen LogP contribution in [0.1, 0.15) is 23.7 Å². The molecule has 0 saturated carbocycles. The minimum Gasteiger partial charge on any atom is -0.507 e. The standard InChI is InChI=1S/C13H16N2O4/c1-7-4-5-14-11(7)12(17)15-8-2-3-10(16)9(6-8)13(18)19/h2-3,6-7,11,14,16H,4-5H2,1H3,(H,15,17)(H,18,19). The molecule has 2 unspecified atom stereocenters. The van der Waals surface area contributed by atoms with E-state index in [1.807, 2.05) is 6.92 Å². The third-order valence-electron chi connectivity index (χ3n) is 3.31. The van der Waals surface area contributed by atoms with Gasteiger partial charge < -0.3 is 20.8 Å². The van der Waals surface area contributed by atoms with Crippen LogP contribution in [0.4, 0.5) is 5.69 Å². The molecule has 2 atom stereocenters. The number of hydrogen-bond donors (Lipinski definition) is 4. The van der Waals surface area contributed by atoms with Gasteiger partial charge in [0.25, 0.3) is 0 Å². The average Bonchev–Trinajstić information content (AvgIpc) is 2.77. The number of carbonyl (C=O) groups excluding carboxylic acids is 1. The summed E-state index contributed by atoms with van der Waals surface area (Å²) >= 11 is 0. The monoisotopic (exact) mass is 264 g/mol. The fraction of sp³-hybridized carbons (Fsp3) is 0.385. The molecule has 6 nitrogen and oxygen atoms in total. The molecule has 1 aromatic carbocycles. The second-order valence-electron chi connectivity index (χ2n) is 4.72. The SMILES string of the molecule is CC1CCNC1C(=O)Nc1ccc(O)c(C(=O)O)c1. The van der Waals surface area contributed by atoms with Gasteiger partial charge in [-0.1, -0.05) is 6.92 Å². The Morgan fingerprint density at radius 3 is 2.74 bits per heavy atom. The summed E-state index contributed by atoms with van der Waals surface area (Å²) in [4.78, 5) is 22.9. The molecule has 6 heteroatoms. The molecule has 1 amide bonds. The van der Waals surface area contributed by atoms with E-state index in [-0.39, 0.29) is 29.2 Å². The van der Waals surface area contributed by atoms with Crippen molar-refractivity contribution in [2.45, 2.75) is 19.4 Å². The molecule has 1 aromatic rings. The van der Waals surface area contributed by atoms with Crippen molar-refractivity contribution in [3.63, 3.8) is 0 Å². The molecule has 0 spiro atoms. The van der Waals surface area contributed by atoms with E-state index >= 15 is 0 Å². The minimum atomic E-state index is -1.24. The van der Waals surface area contributed by atoms with Crippen LogP contribution in [0.3, 0.4) is 0 Å². The molecule has 0 radical (unpaired) electrons. The Morgan fingerprint density at radius 1 is 1.42 bits per heavy atom. The van der Waals surface area contributed by atoms with E-state index in [1.165, 1.54) is 18.2 Å². The van der Waals surface area contributed by atoms with Crippen molar-refractivity contribution in [2.24, 2.45) is 5.92 Å². The molecule has 1 fully saturated rings. The Labute approximate surface area is 110 Å². The Balaban J connectivity index is 2.13. The number of aromatic hydroxyl groups is 1. The summed E-state index contributed by atoms with van der Waals surface area (Å²) < 4.78 is 0.